The number of aryl methyl sites for hydroxylation is 1. The van der Waals surface area contributed by atoms with Crippen LogP contribution >= 0.6 is 0 Å². The second-order valence-electron chi connectivity index (χ2n) is 6.41. The summed E-state index contributed by atoms with van der Waals surface area (Å²) in [5.41, 5.74) is 8.98. The maximum Gasteiger partial charge on any atom is 0.254 e. The summed E-state index contributed by atoms with van der Waals surface area (Å²) in [6, 6.07) is 13.7. The Morgan fingerprint density at radius 3 is 2.36 bits per heavy atom. The summed E-state index contributed by atoms with van der Waals surface area (Å²) >= 11 is 0. The van der Waals surface area contributed by atoms with Crippen molar-refractivity contribution >= 4 is 5.91 Å². The van der Waals surface area contributed by atoms with E-state index in [9.17, 15) is 4.79 Å². The summed E-state index contributed by atoms with van der Waals surface area (Å²) < 4.78 is 10.6. The van der Waals surface area contributed by atoms with Crippen LogP contribution in [0.15, 0.2) is 42.5 Å². The molecule has 1 saturated heterocycles. The number of benzene rings is 2. The second kappa shape index (κ2) is 7.15. The van der Waals surface area contributed by atoms with Crippen LogP contribution in [0.4, 0.5) is 0 Å². The van der Waals surface area contributed by atoms with Crippen LogP contribution in [0.1, 0.15) is 27.4 Å². The molecule has 0 aliphatic carbocycles. The fraction of sp³-hybridized carbons (Fsp3) is 0.350. The first-order valence-electron chi connectivity index (χ1n) is 8.37. The molecule has 0 bridgehead atoms. The second-order valence-corrected chi connectivity index (χ2v) is 6.41. The third-order valence-corrected chi connectivity index (χ3v) is 4.84. The highest BCUT2D eigenvalue weighted by Crippen LogP contribution is 2.33. The quantitative estimate of drug-likeness (QED) is 0.929. The van der Waals surface area contributed by atoms with Gasteiger partial charge in [-0.3, -0.25) is 4.79 Å². The minimum Gasteiger partial charge on any atom is -0.493 e. The summed E-state index contributed by atoms with van der Waals surface area (Å²) in [4.78, 5) is 14.9. The fourth-order valence-corrected chi connectivity index (χ4v) is 3.43. The zero-order valence-electron chi connectivity index (χ0n) is 14.9. The first kappa shape index (κ1) is 17.3. The number of methoxy groups -OCH3 is 2. The highest BCUT2D eigenvalue weighted by Gasteiger charge is 2.34. The van der Waals surface area contributed by atoms with Gasteiger partial charge in [0.2, 0.25) is 0 Å². The van der Waals surface area contributed by atoms with Crippen LogP contribution in [0.25, 0.3) is 0 Å². The number of amides is 1. The molecule has 132 valence electrons. The molecule has 1 heterocycles. The van der Waals surface area contributed by atoms with Crippen LogP contribution in [0.2, 0.25) is 0 Å². The van der Waals surface area contributed by atoms with Gasteiger partial charge in [0.1, 0.15) is 0 Å². The molecule has 5 nitrogen and oxygen atoms in total. The Bertz CT molecular complexity index is 761. The molecule has 2 atom stereocenters. The third kappa shape index (κ3) is 3.33. The van der Waals surface area contributed by atoms with Crippen LogP contribution < -0.4 is 15.2 Å². The highest BCUT2D eigenvalue weighted by molar-refractivity contribution is 5.96. The summed E-state index contributed by atoms with van der Waals surface area (Å²) in [5, 5.41) is 0. The average molecular weight is 340 g/mol. The number of carbonyl (C=O) groups is 1. The largest absolute Gasteiger partial charge is 0.493 e. The van der Waals surface area contributed by atoms with Crippen molar-refractivity contribution in [2.45, 2.75) is 18.9 Å². The molecular weight excluding hydrogens is 316 g/mol. The van der Waals surface area contributed by atoms with Crippen LogP contribution in [0, 0.1) is 6.92 Å². The van der Waals surface area contributed by atoms with E-state index >= 15 is 0 Å². The number of likely N-dealkylation sites (tertiary alicyclic amines) is 1. The van der Waals surface area contributed by atoms with Gasteiger partial charge in [0.05, 0.1) is 14.2 Å². The molecule has 1 fully saturated rings. The maximum atomic E-state index is 13.0. The zero-order chi connectivity index (χ0) is 18.0. The first-order valence-corrected chi connectivity index (χ1v) is 8.37. The first-order chi connectivity index (χ1) is 12.0. The van der Waals surface area contributed by atoms with Crippen molar-refractivity contribution in [2.75, 3.05) is 27.3 Å². The molecule has 0 radical (unpaired) electrons. The van der Waals surface area contributed by atoms with E-state index in [4.69, 9.17) is 15.2 Å². The van der Waals surface area contributed by atoms with E-state index in [0.29, 0.717) is 30.2 Å². The minimum absolute atomic E-state index is 0.0210. The van der Waals surface area contributed by atoms with Gasteiger partial charge in [-0.1, -0.05) is 30.3 Å². The van der Waals surface area contributed by atoms with Gasteiger partial charge < -0.3 is 20.1 Å². The molecule has 3 rings (SSSR count). The lowest BCUT2D eigenvalue weighted by Gasteiger charge is -2.19. The van der Waals surface area contributed by atoms with E-state index in [2.05, 4.69) is 12.1 Å². The Labute approximate surface area is 148 Å². The van der Waals surface area contributed by atoms with E-state index < -0.39 is 0 Å². The molecule has 1 aliphatic rings. The number of rotatable bonds is 4. The molecule has 2 N–H and O–H groups in total. The SMILES string of the molecule is COc1cc(C)c(C(=O)N2C[C@@H](N)[C@H](c3ccccc3)C2)cc1OC. The van der Waals surface area contributed by atoms with E-state index in [0.717, 1.165) is 5.56 Å². The molecular formula is C20H24N2O3. The lowest BCUT2D eigenvalue weighted by Crippen LogP contribution is -2.32. The summed E-state index contributed by atoms with van der Waals surface area (Å²) in [6.45, 7) is 3.07. The molecule has 0 saturated carbocycles. The van der Waals surface area contributed by atoms with Gasteiger partial charge in [-0.2, -0.15) is 0 Å². The van der Waals surface area contributed by atoms with Gasteiger partial charge >= 0.3 is 0 Å². The van der Waals surface area contributed by atoms with Crippen molar-refractivity contribution < 1.29 is 14.3 Å². The molecule has 0 aromatic heterocycles. The van der Waals surface area contributed by atoms with E-state index in [-0.39, 0.29) is 17.9 Å². The van der Waals surface area contributed by atoms with Crippen molar-refractivity contribution in [1.29, 1.82) is 0 Å². The number of nitrogens with two attached hydrogens (primary N) is 1. The van der Waals surface area contributed by atoms with Crippen molar-refractivity contribution in [2.24, 2.45) is 5.73 Å². The van der Waals surface area contributed by atoms with Gasteiger partial charge in [-0.25, -0.2) is 0 Å². The van der Waals surface area contributed by atoms with Gasteiger partial charge in [-0.15, -0.1) is 0 Å². The van der Waals surface area contributed by atoms with Crippen LogP contribution in [-0.4, -0.2) is 44.2 Å². The number of nitrogens with zero attached hydrogens (tertiary/aromatic N) is 1. The molecule has 25 heavy (non-hydrogen) atoms. The normalized spacial score (nSPS) is 19.8. The summed E-state index contributed by atoms with van der Waals surface area (Å²) in [5.74, 6) is 1.31. The van der Waals surface area contributed by atoms with Crippen LogP contribution in [-0.2, 0) is 0 Å². The Morgan fingerprint density at radius 1 is 1.08 bits per heavy atom. The Balaban J connectivity index is 1.85. The van der Waals surface area contributed by atoms with E-state index in [1.165, 1.54) is 5.56 Å². The predicted molar refractivity (Wildman–Crippen MR) is 97.3 cm³/mol. The third-order valence-electron chi connectivity index (χ3n) is 4.84. The number of hydrogen-bond donors (Lipinski definition) is 1. The molecule has 5 heteroatoms. The standard InChI is InChI=1S/C20H24N2O3/c1-13-9-18(24-2)19(25-3)10-15(13)20(23)22-11-16(17(21)12-22)14-7-5-4-6-8-14/h4-10,16-17H,11-12,21H2,1-3H3/t16-,17+/m0/s1. The van der Waals surface area contributed by atoms with Crippen LogP contribution in [0.5, 0.6) is 11.5 Å². The zero-order valence-corrected chi connectivity index (χ0v) is 14.9. The number of ether oxygens (including phenoxy) is 2. The van der Waals surface area contributed by atoms with E-state index in [1.807, 2.05) is 36.1 Å². The Hall–Kier alpha value is -2.53. The molecule has 1 amide bonds. The predicted octanol–water partition coefficient (Wildman–Crippen LogP) is 2.58. The lowest BCUT2D eigenvalue weighted by atomic mass is 9.95. The Morgan fingerprint density at radius 2 is 1.72 bits per heavy atom. The van der Waals surface area contributed by atoms with Crippen molar-refractivity contribution in [1.82, 2.24) is 4.90 Å². The summed E-state index contributed by atoms with van der Waals surface area (Å²) in [7, 11) is 3.15. The minimum atomic E-state index is -0.0631. The molecule has 2 aromatic rings. The van der Waals surface area contributed by atoms with Gasteiger partial charge in [0, 0.05) is 30.6 Å². The molecule has 2 aromatic carbocycles. The van der Waals surface area contributed by atoms with Crippen LogP contribution in [0.3, 0.4) is 0 Å². The van der Waals surface area contributed by atoms with Crippen molar-refractivity contribution in [3.63, 3.8) is 0 Å². The van der Waals surface area contributed by atoms with Crippen molar-refractivity contribution in [3.05, 3.63) is 59.2 Å². The number of hydrogen-bond acceptors (Lipinski definition) is 4. The maximum absolute atomic E-state index is 13.0. The monoisotopic (exact) mass is 340 g/mol. The Kier molecular flexibility index (Phi) is 4.95. The lowest BCUT2D eigenvalue weighted by molar-refractivity contribution is 0.0788. The average Bonchev–Trinajstić information content (AvgIpc) is 3.03. The van der Waals surface area contributed by atoms with Gasteiger partial charge in [0.25, 0.3) is 5.91 Å². The fourth-order valence-electron chi connectivity index (χ4n) is 3.43. The van der Waals surface area contributed by atoms with Crippen molar-refractivity contribution in [3.8, 4) is 11.5 Å². The molecule has 0 spiro atoms. The van der Waals surface area contributed by atoms with Gasteiger partial charge in [0.15, 0.2) is 11.5 Å². The topological polar surface area (TPSA) is 64.8 Å². The number of carbonyl (C=O) groups excluding carboxylic acids is 1. The smallest absolute Gasteiger partial charge is 0.254 e. The van der Waals surface area contributed by atoms with E-state index in [1.54, 1.807) is 20.3 Å². The molecule has 1 aliphatic heterocycles. The summed E-state index contributed by atoms with van der Waals surface area (Å²) in [6.07, 6.45) is 0. The van der Waals surface area contributed by atoms with Gasteiger partial charge in [-0.05, 0) is 30.2 Å². The highest BCUT2D eigenvalue weighted by atomic mass is 16.5. The molecule has 0 unspecified atom stereocenters.